The number of carbonyl (C=O) groups excluding carboxylic acids is 1. The van der Waals surface area contributed by atoms with Crippen LogP contribution in [0.3, 0.4) is 0 Å². The second kappa shape index (κ2) is 2.91. The third-order valence-electron chi connectivity index (χ3n) is 2.20. The van der Waals surface area contributed by atoms with Gasteiger partial charge in [0.05, 0.1) is 6.07 Å². The summed E-state index contributed by atoms with van der Waals surface area (Å²) in [7, 11) is 0. The Morgan fingerprint density at radius 1 is 1.82 bits per heavy atom. The smallest absolute Gasteiger partial charge is 0.221 e. The Bertz CT molecular complexity index is 207. The van der Waals surface area contributed by atoms with Crippen LogP contribution in [-0.2, 0) is 4.79 Å². The Morgan fingerprint density at radius 2 is 2.55 bits per heavy atom. The first kappa shape index (κ1) is 8.06. The molecule has 60 valence electrons. The van der Waals surface area contributed by atoms with E-state index in [0.717, 1.165) is 12.8 Å². The van der Waals surface area contributed by atoms with Gasteiger partial charge in [0.1, 0.15) is 5.54 Å². The van der Waals surface area contributed by atoms with E-state index in [4.69, 9.17) is 5.26 Å². The van der Waals surface area contributed by atoms with Crippen LogP contribution in [0.2, 0.25) is 0 Å². The molecule has 1 unspecified atom stereocenters. The van der Waals surface area contributed by atoms with Crippen molar-refractivity contribution in [2.75, 3.05) is 0 Å². The molecule has 0 aromatic carbocycles. The minimum atomic E-state index is -0.560. The molecule has 11 heavy (non-hydrogen) atoms. The van der Waals surface area contributed by atoms with Crippen LogP contribution in [0.5, 0.6) is 0 Å². The predicted molar refractivity (Wildman–Crippen MR) is 40.6 cm³/mol. The van der Waals surface area contributed by atoms with E-state index in [1.54, 1.807) is 0 Å². The van der Waals surface area contributed by atoms with E-state index in [2.05, 4.69) is 11.4 Å². The molecule has 0 aromatic rings. The zero-order valence-corrected chi connectivity index (χ0v) is 6.68. The lowest BCUT2D eigenvalue weighted by atomic mass is 9.88. The fourth-order valence-corrected chi connectivity index (χ4v) is 1.37. The number of hydrogen-bond acceptors (Lipinski definition) is 2. The molecule has 0 bridgehead atoms. The van der Waals surface area contributed by atoms with Crippen LogP contribution in [0, 0.1) is 11.3 Å². The van der Waals surface area contributed by atoms with Crippen molar-refractivity contribution in [2.45, 2.75) is 38.1 Å². The molecule has 1 aliphatic rings. The number of piperidine rings is 1. The Balaban J connectivity index is 2.69. The number of amides is 1. The van der Waals surface area contributed by atoms with Gasteiger partial charge in [-0.3, -0.25) is 4.79 Å². The summed E-state index contributed by atoms with van der Waals surface area (Å²) in [4.78, 5) is 10.9. The predicted octanol–water partition coefficient (Wildman–Crippen LogP) is 0.959. The molecule has 3 nitrogen and oxygen atoms in total. The molecule has 1 fully saturated rings. The van der Waals surface area contributed by atoms with Gasteiger partial charge in [0.15, 0.2) is 0 Å². The quantitative estimate of drug-likeness (QED) is 0.608. The van der Waals surface area contributed by atoms with Crippen molar-refractivity contribution in [3.63, 3.8) is 0 Å². The minimum Gasteiger partial charge on any atom is -0.338 e. The largest absolute Gasteiger partial charge is 0.338 e. The van der Waals surface area contributed by atoms with Crippen LogP contribution >= 0.6 is 0 Å². The number of hydrogen-bond donors (Lipinski definition) is 1. The van der Waals surface area contributed by atoms with Gasteiger partial charge in [-0.1, -0.05) is 6.92 Å². The zero-order valence-electron chi connectivity index (χ0n) is 6.68. The fourth-order valence-electron chi connectivity index (χ4n) is 1.37. The SMILES string of the molecule is CCC1(C#N)CCCC(=O)N1. The summed E-state index contributed by atoms with van der Waals surface area (Å²) in [5.74, 6) is 0.0136. The molecule has 1 aliphatic heterocycles. The molecule has 1 amide bonds. The van der Waals surface area contributed by atoms with Crippen molar-refractivity contribution in [3.05, 3.63) is 0 Å². The normalized spacial score (nSPS) is 30.7. The number of rotatable bonds is 1. The average Bonchev–Trinajstić information content (AvgIpc) is 2.04. The fraction of sp³-hybridized carbons (Fsp3) is 0.750. The third kappa shape index (κ3) is 1.51. The lowest BCUT2D eigenvalue weighted by Gasteiger charge is -2.30. The van der Waals surface area contributed by atoms with Crippen LogP contribution in [0.4, 0.5) is 0 Å². The molecular formula is C8H12N2O. The van der Waals surface area contributed by atoms with Crippen LogP contribution < -0.4 is 5.32 Å². The number of nitrogens with one attached hydrogen (secondary N) is 1. The highest BCUT2D eigenvalue weighted by atomic mass is 16.1. The van der Waals surface area contributed by atoms with Crippen molar-refractivity contribution < 1.29 is 4.79 Å². The summed E-state index contributed by atoms with van der Waals surface area (Å²) in [6.07, 6.45) is 2.91. The summed E-state index contributed by atoms with van der Waals surface area (Å²) >= 11 is 0. The average molecular weight is 152 g/mol. The molecule has 1 atom stereocenters. The maximum absolute atomic E-state index is 10.9. The molecule has 0 aromatic heterocycles. The highest BCUT2D eigenvalue weighted by Gasteiger charge is 2.32. The first-order valence-corrected chi connectivity index (χ1v) is 3.95. The molecule has 1 rings (SSSR count). The van der Waals surface area contributed by atoms with Crippen molar-refractivity contribution in [3.8, 4) is 6.07 Å². The second-order valence-electron chi connectivity index (χ2n) is 2.95. The van der Waals surface area contributed by atoms with E-state index in [1.807, 2.05) is 6.92 Å². The molecule has 0 aliphatic carbocycles. The Labute approximate surface area is 66.4 Å². The minimum absolute atomic E-state index is 0.0136. The molecule has 0 saturated carbocycles. The maximum Gasteiger partial charge on any atom is 0.221 e. The first-order chi connectivity index (χ1) is 5.22. The lowest BCUT2D eigenvalue weighted by molar-refractivity contribution is -0.124. The second-order valence-corrected chi connectivity index (χ2v) is 2.95. The van der Waals surface area contributed by atoms with E-state index in [1.165, 1.54) is 0 Å². The summed E-state index contributed by atoms with van der Waals surface area (Å²) in [6, 6.07) is 2.17. The molecule has 1 saturated heterocycles. The van der Waals surface area contributed by atoms with Crippen molar-refractivity contribution in [2.24, 2.45) is 0 Å². The van der Waals surface area contributed by atoms with Gasteiger partial charge in [0.2, 0.25) is 5.91 Å². The molecule has 3 heteroatoms. The van der Waals surface area contributed by atoms with Gasteiger partial charge in [-0.2, -0.15) is 5.26 Å². The maximum atomic E-state index is 10.9. The van der Waals surface area contributed by atoms with Crippen molar-refractivity contribution in [1.82, 2.24) is 5.32 Å². The van der Waals surface area contributed by atoms with Crippen LogP contribution in [-0.4, -0.2) is 11.4 Å². The zero-order chi connectivity index (χ0) is 8.32. The van der Waals surface area contributed by atoms with Gasteiger partial charge >= 0.3 is 0 Å². The lowest BCUT2D eigenvalue weighted by Crippen LogP contribution is -2.49. The number of nitriles is 1. The third-order valence-corrected chi connectivity index (χ3v) is 2.20. The summed E-state index contributed by atoms with van der Waals surface area (Å²) < 4.78 is 0. The van der Waals surface area contributed by atoms with Crippen LogP contribution in [0.15, 0.2) is 0 Å². The van der Waals surface area contributed by atoms with Gasteiger partial charge in [-0.25, -0.2) is 0 Å². The van der Waals surface area contributed by atoms with E-state index in [0.29, 0.717) is 12.8 Å². The highest BCUT2D eigenvalue weighted by molar-refractivity contribution is 5.78. The van der Waals surface area contributed by atoms with Gasteiger partial charge in [0, 0.05) is 6.42 Å². The topological polar surface area (TPSA) is 52.9 Å². The van der Waals surface area contributed by atoms with Crippen LogP contribution in [0.25, 0.3) is 0 Å². The van der Waals surface area contributed by atoms with Crippen molar-refractivity contribution >= 4 is 5.91 Å². The van der Waals surface area contributed by atoms with Crippen molar-refractivity contribution in [1.29, 1.82) is 5.26 Å². The van der Waals surface area contributed by atoms with Crippen LogP contribution in [0.1, 0.15) is 32.6 Å². The van der Waals surface area contributed by atoms with E-state index >= 15 is 0 Å². The van der Waals surface area contributed by atoms with Gasteiger partial charge in [0.25, 0.3) is 0 Å². The number of carbonyl (C=O) groups is 1. The molecule has 0 radical (unpaired) electrons. The van der Waals surface area contributed by atoms with Gasteiger partial charge in [-0.15, -0.1) is 0 Å². The summed E-state index contributed by atoms with van der Waals surface area (Å²) in [5.41, 5.74) is -0.560. The highest BCUT2D eigenvalue weighted by Crippen LogP contribution is 2.21. The Kier molecular flexibility index (Phi) is 2.13. The summed E-state index contributed by atoms with van der Waals surface area (Å²) in [5, 5.41) is 11.5. The van der Waals surface area contributed by atoms with E-state index < -0.39 is 5.54 Å². The molecular weight excluding hydrogens is 140 g/mol. The monoisotopic (exact) mass is 152 g/mol. The molecule has 1 heterocycles. The van der Waals surface area contributed by atoms with E-state index in [9.17, 15) is 4.79 Å². The molecule has 1 N–H and O–H groups in total. The van der Waals surface area contributed by atoms with Gasteiger partial charge in [-0.05, 0) is 19.3 Å². The Hall–Kier alpha value is -1.04. The first-order valence-electron chi connectivity index (χ1n) is 3.95. The Morgan fingerprint density at radius 3 is 2.91 bits per heavy atom. The van der Waals surface area contributed by atoms with E-state index in [-0.39, 0.29) is 5.91 Å². The number of nitrogens with zero attached hydrogens (tertiary/aromatic N) is 1. The standard InChI is InChI=1S/C8H12N2O/c1-2-8(6-9)5-3-4-7(11)10-8/h2-5H2,1H3,(H,10,11). The summed E-state index contributed by atoms with van der Waals surface area (Å²) in [6.45, 7) is 1.93. The van der Waals surface area contributed by atoms with Gasteiger partial charge < -0.3 is 5.32 Å². The molecule has 0 spiro atoms.